The van der Waals surface area contributed by atoms with Crippen LogP contribution in [0.2, 0.25) is 0 Å². The van der Waals surface area contributed by atoms with Gasteiger partial charge in [0.1, 0.15) is 11.3 Å². The average Bonchev–Trinajstić information content (AvgIpc) is 2.97. The van der Waals surface area contributed by atoms with Crippen molar-refractivity contribution in [1.29, 1.82) is 0 Å². The largest absolute Gasteiger partial charge is 0.496 e. The monoisotopic (exact) mass is 247 g/mol. The Bertz CT molecular complexity index is 576. The second kappa shape index (κ2) is 4.33. The van der Waals surface area contributed by atoms with Crippen molar-refractivity contribution in [2.75, 3.05) is 18.5 Å². The van der Waals surface area contributed by atoms with E-state index in [0.29, 0.717) is 0 Å². The van der Waals surface area contributed by atoms with Crippen LogP contribution in [0.15, 0.2) is 23.4 Å². The number of hydrogen-bond donors (Lipinski definition) is 1. The second-order valence-electron chi connectivity index (χ2n) is 4.02. The summed E-state index contributed by atoms with van der Waals surface area (Å²) < 4.78 is 6.62. The van der Waals surface area contributed by atoms with Gasteiger partial charge in [-0.3, -0.25) is 0 Å². The summed E-state index contributed by atoms with van der Waals surface area (Å²) in [5.74, 6) is 1.02. The predicted molar refractivity (Wildman–Crippen MR) is 69.3 cm³/mol. The predicted octanol–water partition coefficient (Wildman–Crippen LogP) is 2.72. The van der Waals surface area contributed by atoms with E-state index in [2.05, 4.69) is 33.9 Å². The van der Waals surface area contributed by atoms with E-state index in [1.807, 2.05) is 0 Å². The highest BCUT2D eigenvalue weighted by Crippen LogP contribution is 2.29. The first-order chi connectivity index (χ1) is 8.34. The van der Waals surface area contributed by atoms with Crippen molar-refractivity contribution in [3.05, 3.63) is 29.0 Å². The van der Waals surface area contributed by atoms with E-state index in [1.165, 1.54) is 5.56 Å². The Morgan fingerprint density at radius 2 is 2.47 bits per heavy atom. The standard InChI is InChI=1S/C12H13N3OS/c1-8-7-17-12-10(6-14-15-11(8)12)13-5-9-3-2-4-16-9/h3,6-7H,2,4-5H2,1H3,(H,13,15). The molecule has 0 unspecified atom stereocenters. The lowest BCUT2D eigenvalue weighted by Crippen LogP contribution is -2.05. The lowest BCUT2D eigenvalue weighted by molar-refractivity contribution is 0.244. The number of aromatic nitrogens is 2. The molecule has 3 heterocycles. The summed E-state index contributed by atoms with van der Waals surface area (Å²) >= 11 is 1.70. The van der Waals surface area contributed by atoms with E-state index < -0.39 is 0 Å². The zero-order valence-electron chi connectivity index (χ0n) is 9.56. The number of anilines is 1. The van der Waals surface area contributed by atoms with Crippen LogP contribution in [-0.2, 0) is 4.74 Å². The van der Waals surface area contributed by atoms with Gasteiger partial charge in [0.2, 0.25) is 0 Å². The Kier molecular flexibility index (Phi) is 2.68. The lowest BCUT2D eigenvalue weighted by Gasteiger charge is -2.07. The third kappa shape index (κ3) is 1.98. The van der Waals surface area contributed by atoms with Crippen LogP contribution in [0, 0.1) is 6.92 Å². The molecular weight excluding hydrogens is 234 g/mol. The van der Waals surface area contributed by atoms with E-state index >= 15 is 0 Å². The summed E-state index contributed by atoms with van der Waals surface area (Å²) in [6.07, 6.45) is 4.91. The van der Waals surface area contributed by atoms with Crippen LogP contribution < -0.4 is 5.32 Å². The number of thiophene rings is 1. The Balaban J connectivity index is 1.84. The number of rotatable bonds is 3. The van der Waals surface area contributed by atoms with Crippen molar-refractivity contribution in [3.63, 3.8) is 0 Å². The van der Waals surface area contributed by atoms with Crippen LogP contribution in [0.1, 0.15) is 12.0 Å². The molecule has 0 spiro atoms. The Hall–Kier alpha value is -1.62. The van der Waals surface area contributed by atoms with Gasteiger partial charge < -0.3 is 10.1 Å². The van der Waals surface area contributed by atoms with Crippen molar-refractivity contribution < 1.29 is 4.74 Å². The normalized spacial score (nSPS) is 14.8. The van der Waals surface area contributed by atoms with Gasteiger partial charge in [-0.1, -0.05) is 0 Å². The first-order valence-corrected chi connectivity index (χ1v) is 6.48. The Morgan fingerprint density at radius 3 is 3.29 bits per heavy atom. The van der Waals surface area contributed by atoms with E-state index in [-0.39, 0.29) is 0 Å². The molecule has 2 aromatic heterocycles. The molecule has 2 aromatic rings. The highest BCUT2D eigenvalue weighted by molar-refractivity contribution is 7.18. The first-order valence-electron chi connectivity index (χ1n) is 5.60. The van der Waals surface area contributed by atoms with Gasteiger partial charge in [0.15, 0.2) is 0 Å². The van der Waals surface area contributed by atoms with Gasteiger partial charge in [-0.25, -0.2) is 0 Å². The third-order valence-corrected chi connectivity index (χ3v) is 3.88. The minimum absolute atomic E-state index is 0.720. The molecule has 5 heteroatoms. The topological polar surface area (TPSA) is 47.0 Å². The molecule has 0 saturated heterocycles. The minimum Gasteiger partial charge on any atom is -0.496 e. The molecule has 0 saturated carbocycles. The van der Waals surface area contributed by atoms with Crippen molar-refractivity contribution in [2.24, 2.45) is 0 Å². The van der Waals surface area contributed by atoms with Crippen LogP contribution in [0.4, 0.5) is 5.69 Å². The van der Waals surface area contributed by atoms with Crippen LogP contribution >= 0.6 is 11.3 Å². The lowest BCUT2D eigenvalue weighted by atomic mass is 10.3. The molecule has 0 amide bonds. The van der Waals surface area contributed by atoms with Crippen LogP contribution in [0.25, 0.3) is 10.2 Å². The second-order valence-corrected chi connectivity index (χ2v) is 4.90. The maximum Gasteiger partial charge on any atom is 0.111 e. The van der Waals surface area contributed by atoms with Gasteiger partial charge in [-0.2, -0.15) is 5.10 Å². The summed E-state index contributed by atoms with van der Waals surface area (Å²) in [5.41, 5.74) is 3.20. The van der Waals surface area contributed by atoms with E-state index in [0.717, 1.165) is 41.2 Å². The zero-order chi connectivity index (χ0) is 11.7. The fourth-order valence-corrected chi connectivity index (χ4v) is 2.83. The molecule has 17 heavy (non-hydrogen) atoms. The van der Waals surface area contributed by atoms with Crippen molar-refractivity contribution >= 4 is 27.2 Å². The Morgan fingerprint density at radius 1 is 1.53 bits per heavy atom. The fourth-order valence-electron chi connectivity index (χ4n) is 1.86. The summed E-state index contributed by atoms with van der Waals surface area (Å²) in [5, 5.41) is 13.6. The van der Waals surface area contributed by atoms with Crippen LogP contribution in [-0.4, -0.2) is 23.3 Å². The van der Waals surface area contributed by atoms with E-state index in [9.17, 15) is 0 Å². The number of nitrogens with zero attached hydrogens (tertiary/aromatic N) is 2. The maximum atomic E-state index is 5.46. The molecule has 0 radical (unpaired) electrons. The maximum absolute atomic E-state index is 5.46. The van der Waals surface area contributed by atoms with Gasteiger partial charge >= 0.3 is 0 Å². The number of aryl methyl sites for hydroxylation is 1. The molecule has 1 N–H and O–H groups in total. The first kappa shape index (κ1) is 10.5. The molecule has 1 aliphatic rings. The van der Waals surface area contributed by atoms with Crippen LogP contribution in [0.5, 0.6) is 0 Å². The molecule has 0 aliphatic carbocycles. The minimum atomic E-state index is 0.720. The van der Waals surface area contributed by atoms with Crippen molar-refractivity contribution in [1.82, 2.24) is 10.2 Å². The van der Waals surface area contributed by atoms with Crippen LogP contribution in [0.3, 0.4) is 0 Å². The molecule has 3 rings (SSSR count). The fraction of sp³-hybridized carbons (Fsp3) is 0.333. The van der Waals surface area contributed by atoms with E-state index in [1.54, 1.807) is 17.5 Å². The third-order valence-electron chi connectivity index (χ3n) is 2.76. The van der Waals surface area contributed by atoms with Crippen molar-refractivity contribution in [2.45, 2.75) is 13.3 Å². The summed E-state index contributed by atoms with van der Waals surface area (Å²) in [6, 6.07) is 0. The SMILES string of the molecule is Cc1csc2c(NCC3=CCCO3)cnnc12. The average molecular weight is 247 g/mol. The number of fused-ring (bicyclic) bond motifs is 1. The molecular formula is C12H13N3OS. The highest BCUT2D eigenvalue weighted by Gasteiger charge is 2.09. The molecule has 88 valence electrons. The van der Waals surface area contributed by atoms with Gasteiger partial charge in [0.05, 0.1) is 29.7 Å². The summed E-state index contributed by atoms with van der Waals surface area (Å²) in [4.78, 5) is 0. The smallest absolute Gasteiger partial charge is 0.111 e. The summed E-state index contributed by atoms with van der Waals surface area (Å²) in [7, 11) is 0. The van der Waals surface area contributed by atoms with E-state index in [4.69, 9.17) is 4.74 Å². The number of ether oxygens (including phenoxy) is 1. The van der Waals surface area contributed by atoms with Gasteiger partial charge in [0, 0.05) is 6.42 Å². The summed E-state index contributed by atoms with van der Waals surface area (Å²) in [6.45, 7) is 3.58. The molecule has 4 nitrogen and oxygen atoms in total. The molecule has 0 aromatic carbocycles. The number of hydrogen-bond acceptors (Lipinski definition) is 5. The quantitative estimate of drug-likeness (QED) is 0.906. The van der Waals surface area contributed by atoms with Gasteiger partial charge in [-0.05, 0) is 23.9 Å². The molecule has 0 fully saturated rings. The van der Waals surface area contributed by atoms with Crippen molar-refractivity contribution in [3.8, 4) is 0 Å². The van der Waals surface area contributed by atoms with Gasteiger partial charge in [-0.15, -0.1) is 16.4 Å². The Labute approximate surface area is 103 Å². The molecule has 0 atom stereocenters. The van der Waals surface area contributed by atoms with Gasteiger partial charge in [0.25, 0.3) is 0 Å². The molecule has 1 aliphatic heterocycles. The zero-order valence-corrected chi connectivity index (χ0v) is 10.4. The number of nitrogens with one attached hydrogen (secondary N) is 1. The molecule has 0 bridgehead atoms. The highest BCUT2D eigenvalue weighted by atomic mass is 32.1.